The van der Waals surface area contributed by atoms with Crippen LogP contribution >= 0.6 is 0 Å². The first-order valence-corrected chi connectivity index (χ1v) is 6.24. The molecule has 0 aromatic carbocycles. The van der Waals surface area contributed by atoms with Gasteiger partial charge in [-0.1, -0.05) is 0 Å². The molecule has 94 valence electrons. The van der Waals surface area contributed by atoms with Crippen LogP contribution in [0.5, 0.6) is 0 Å². The van der Waals surface area contributed by atoms with Crippen LogP contribution in [0.25, 0.3) is 5.65 Å². The van der Waals surface area contributed by atoms with Gasteiger partial charge < -0.3 is 5.32 Å². The zero-order valence-electron chi connectivity index (χ0n) is 10.7. The molecule has 0 aliphatic carbocycles. The highest BCUT2D eigenvalue weighted by atomic mass is 15.2. The summed E-state index contributed by atoms with van der Waals surface area (Å²) in [5.74, 6) is 2.65. The predicted octanol–water partition coefficient (Wildman–Crippen LogP) is 1.93. The van der Waals surface area contributed by atoms with Gasteiger partial charge in [-0.05, 0) is 26.3 Å². The maximum absolute atomic E-state index is 5.20. The highest BCUT2D eigenvalue weighted by molar-refractivity contribution is 5.38. The number of hydrogen-bond acceptors (Lipinski definition) is 3. The first-order valence-electron chi connectivity index (χ1n) is 6.24. The lowest BCUT2D eigenvalue weighted by Gasteiger charge is -2.04. The maximum Gasteiger partial charge on any atom is 0.155 e. The number of aromatic nitrogens is 3. The van der Waals surface area contributed by atoms with E-state index in [1.165, 1.54) is 0 Å². The predicted molar refractivity (Wildman–Crippen MR) is 72.1 cm³/mol. The van der Waals surface area contributed by atoms with Gasteiger partial charge in [-0.3, -0.25) is 0 Å². The topological polar surface area (TPSA) is 42.2 Å². The van der Waals surface area contributed by atoms with Crippen LogP contribution in [0.4, 0.5) is 0 Å². The minimum atomic E-state index is 0.817. The third-order valence-corrected chi connectivity index (χ3v) is 2.74. The van der Waals surface area contributed by atoms with Crippen molar-refractivity contribution in [3.8, 4) is 12.3 Å². The van der Waals surface area contributed by atoms with E-state index < -0.39 is 0 Å². The third-order valence-electron chi connectivity index (χ3n) is 2.74. The van der Waals surface area contributed by atoms with Crippen molar-refractivity contribution in [1.82, 2.24) is 19.9 Å². The van der Waals surface area contributed by atoms with Crippen molar-refractivity contribution >= 4 is 5.65 Å². The molecule has 1 N–H and O–H groups in total. The molecule has 4 heteroatoms. The molecule has 0 bridgehead atoms. The molecule has 0 radical (unpaired) electrons. The highest BCUT2D eigenvalue weighted by Gasteiger charge is 2.00. The quantitative estimate of drug-likeness (QED) is 0.621. The fraction of sp³-hybridized carbons (Fsp3) is 0.429. The van der Waals surface area contributed by atoms with E-state index in [-0.39, 0.29) is 0 Å². The lowest BCUT2D eigenvalue weighted by Crippen LogP contribution is -2.15. The van der Waals surface area contributed by atoms with E-state index in [4.69, 9.17) is 6.42 Å². The van der Waals surface area contributed by atoms with Gasteiger partial charge in [-0.15, -0.1) is 12.3 Å². The summed E-state index contributed by atoms with van der Waals surface area (Å²) in [5.41, 5.74) is 3.02. The fourth-order valence-electron chi connectivity index (χ4n) is 1.83. The van der Waals surface area contributed by atoms with Gasteiger partial charge in [-0.2, -0.15) is 5.10 Å². The van der Waals surface area contributed by atoms with Crippen LogP contribution in [0, 0.1) is 19.3 Å². The Morgan fingerprint density at radius 3 is 3.17 bits per heavy atom. The Morgan fingerprint density at radius 1 is 1.44 bits per heavy atom. The molecular weight excluding hydrogens is 224 g/mol. The number of rotatable bonds is 6. The lowest BCUT2D eigenvalue weighted by molar-refractivity contribution is 0.626. The summed E-state index contributed by atoms with van der Waals surface area (Å²) in [6.45, 7) is 3.77. The molecule has 0 spiro atoms. The van der Waals surface area contributed by atoms with E-state index in [2.05, 4.69) is 21.3 Å². The molecule has 2 aromatic heterocycles. The largest absolute Gasteiger partial charge is 0.313 e. The number of terminal acetylenes is 1. The second-order valence-electron chi connectivity index (χ2n) is 4.39. The summed E-state index contributed by atoms with van der Waals surface area (Å²) in [5, 5.41) is 7.73. The molecule has 0 unspecified atom stereocenters. The first kappa shape index (κ1) is 12.6. The molecule has 0 amide bonds. The van der Waals surface area contributed by atoms with Crippen LogP contribution < -0.4 is 5.32 Å². The zero-order chi connectivity index (χ0) is 12.8. The van der Waals surface area contributed by atoms with E-state index >= 15 is 0 Å². The van der Waals surface area contributed by atoms with Crippen LogP contribution in [0.15, 0.2) is 18.5 Å². The molecule has 2 heterocycles. The number of nitrogens with one attached hydrogen (secondary N) is 1. The molecule has 0 aliphatic heterocycles. The van der Waals surface area contributed by atoms with E-state index in [0.29, 0.717) is 0 Å². The summed E-state index contributed by atoms with van der Waals surface area (Å²) >= 11 is 0. The number of nitrogens with zero attached hydrogens (tertiary/aromatic N) is 3. The van der Waals surface area contributed by atoms with Gasteiger partial charge in [0.15, 0.2) is 5.65 Å². The molecule has 2 rings (SSSR count). The summed E-state index contributed by atoms with van der Waals surface area (Å²) in [6, 6.07) is 1.97. The molecule has 4 nitrogen and oxygen atoms in total. The lowest BCUT2D eigenvalue weighted by atomic mass is 10.2. The maximum atomic E-state index is 5.20. The summed E-state index contributed by atoms with van der Waals surface area (Å²) in [7, 11) is 0. The van der Waals surface area contributed by atoms with Gasteiger partial charge in [0.2, 0.25) is 0 Å². The van der Waals surface area contributed by atoms with Crippen molar-refractivity contribution in [1.29, 1.82) is 0 Å². The first-order chi connectivity index (χ1) is 8.79. The summed E-state index contributed by atoms with van der Waals surface area (Å²) < 4.78 is 1.82. The molecule has 18 heavy (non-hydrogen) atoms. The molecular formula is C14H18N4. The Labute approximate surface area is 107 Å². The van der Waals surface area contributed by atoms with Crippen LogP contribution in [0.3, 0.4) is 0 Å². The Kier molecular flexibility index (Phi) is 4.32. The highest BCUT2D eigenvalue weighted by Crippen LogP contribution is 2.04. The van der Waals surface area contributed by atoms with Gasteiger partial charge in [0.1, 0.15) is 0 Å². The SMILES string of the molecule is C#CCCCCNCc1cnc2cc(C)nn2c1. The van der Waals surface area contributed by atoms with Crippen molar-refractivity contribution in [3.05, 3.63) is 29.7 Å². The Morgan fingerprint density at radius 2 is 2.33 bits per heavy atom. The van der Waals surface area contributed by atoms with E-state index in [1.807, 2.05) is 29.9 Å². The van der Waals surface area contributed by atoms with E-state index in [1.54, 1.807) is 0 Å². The molecule has 0 fully saturated rings. The van der Waals surface area contributed by atoms with Gasteiger partial charge in [0, 0.05) is 37.0 Å². The molecule has 0 aliphatic rings. The summed E-state index contributed by atoms with van der Waals surface area (Å²) in [6.07, 6.45) is 12.2. The third kappa shape index (κ3) is 3.31. The van der Waals surface area contributed by atoms with Crippen LogP contribution in [-0.4, -0.2) is 21.1 Å². The minimum Gasteiger partial charge on any atom is -0.313 e. The Hall–Kier alpha value is -1.86. The van der Waals surface area contributed by atoms with Gasteiger partial charge in [0.25, 0.3) is 0 Å². The smallest absolute Gasteiger partial charge is 0.155 e. The molecule has 0 saturated heterocycles. The Balaban J connectivity index is 1.82. The van der Waals surface area contributed by atoms with Crippen molar-refractivity contribution in [2.45, 2.75) is 32.7 Å². The van der Waals surface area contributed by atoms with Crippen molar-refractivity contribution in [3.63, 3.8) is 0 Å². The van der Waals surface area contributed by atoms with Crippen molar-refractivity contribution < 1.29 is 0 Å². The van der Waals surface area contributed by atoms with Crippen LogP contribution in [0.1, 0.15) is 30.5 Å². The fourth-order valence-corrected chi connectivity index (χ4v) is 1.83. The van der Waals surface area contributed by atoms with Gasteiger partial charge >= 0.3 is 0 Å². The number of fused-ring (bicyclic) bond motifs is 1. The monoisotopic (exact) mass is 242 g/mol. The van der Waals surface area contributed by atoms with Crippen LogP contribution in [-0.2, 0) is 6.54 Å². The molecule has 2 aromatic rings. The summed E-state index contributed by atoms with van der Waals surface area (Å²) in [4.78, 5) is 4.36. The van der Waals surface area contributed by atoms with Crippen molar-refractivity contribution in [2.24, 2.45) is 0 Å². The zero-order valence-corrected chi connectivity index (χ0v) is 10.7. The van der Waals surface area contributed by atoms with E-state index in [0.717, 1.165) is 49.3 Å². The average Bonchev–Trinajstić information content (AvgIpc) is 2.73. The number of aryl methyl sites for hydroxylation is 1. The normalized spacial score (nSPS) is 10.7. The van der Waals surface area contributed by atoms with Gasteiger partial charge in [-0.25, -0.2) is 9.50 Å². The second-order valence-corrected chi connectivity index (χ2v) is 4.39. The van der Waals surface area contributed by atoms with Gasteiger partial charge in [0.05, 0.1) is 5.69 Å². The molecule has 0 saturated carbocycles. The average molecular weight is 242 g/mol. The number of unbranched alkanes of at least 4 members (excludes halogenated alkanes) is 2. The second kappa shape index (κ2) is 6.18. The number of hydrogen-bond donors (Lipinski definition) is 1. The standard InChI is InChI=1S/C14H18N4/c1-3-4-5-6-7-15-9-13-10-16-14-8-12(2)17-18(14)11-13/h1,8,10-11,15H,4-7,9H2,2H3. The van der Waals surface area contributed by atoms with Crippen molar-refractivity contribution in [2.75, 3.05) is 6.54 Å². The Bertz CT molecular complexity index is 550. The van der Waals surface area contributed by atoms with E-state index in [9.17, 15) is 0 Å². The minimum absolute atomic E-state index is 0.817. The molecule has 0 atom stereocenters. The van der Waals surface area contributed by atoms with Crippen LogP contribution in [0.2, 0.25) is 0 Å².